The summed E-state index contributed by atoms with van der Waals surface area (Å²) in [4.78, 5) is 47.6. The third kappa shape index (κ3) is 3.89. The second-order valence-corrected chi connectivity index (χ2v) is 8.92. The van der Waals surface area contributed by atoms with Gasteiger partial charge in [0.15, 0.2) is 0 Å². The molecule has 31 heavy (non-hydrogen) atoms. The number of esters is 4. The number of hydrogen-bond donors (Lipinski definition) is 1. The number of alkyl halides is 2. The maximum atomic E-state index is 13.6. The van der Waals surface area contributed by atoms with E-state index in [1.165, 1.54) is 6.92 Å². The van der Waals surface area contributed by atoms with Gasteiger partial charge in [-0.05, 0) is 13.3 Å². The molecule has 1 N–H and O–H groups in total. The van der Waals surface area contributed by atoms with Crippen molar-refractivity contribution in [3.8, 4) is 0 Å². The minimum Gasteiger partial charge on any atom is -0.462 e. The Morgan fingerprint density at radius 1 is 1.23 bits per heavy atom. The Morgan fingerprint density at radius 2 is 1.84 bits per heavy atom. The molecular formula is C17H18F2O11S. The third-order valence-corrected chi connectivity index (χ3v) is 6.34. The number of hydrogen-bond acceptors (Lipinski definition) is 10. The van der Waals surface area contributed by atoms with Crippen LogP contribution in [0.25, 0.3) is 0 Å². The van der Waals surface area contributed by atoms with E-state index in [1.54, 1.807) is 0 Å². The molecule has 2 aliphatic carbocycles. The summed E-state index contributed by atoms with van der Waals surface area (Å²) >= 11 is 0. The number of halogens is 2. The Balaban J connectivity index is 1.69. The van der Waals surface area contributed by atoms with Crippen molar-refractivity contribution in [2.75, 3.05) is 13.2 Å². The second kappa shape index (κ2) is 7.82. The fraction of sp³-hybridized carbons (Fsp3) is 0.647. The van der Waals surface area contributed by atoms with Crippen molar-refractivity contribution >= 4 is 34.0 Å². The van der Waals surface area contributed by atoms with Gasteiger partial charge in [-0.25, -0.2) is 9.59 Å². The van der Waals surface area contributed by atoms with Gasteiger partial charge in [-0.3, -0.25) is 14.1 Å². The zero-order valence-electron chi connectivity index (χ0n) is 16.0. The summed E-state index contributed by atoms with van der Waals surface area (Å²) in [6.07, 6.45) is -2.36. The Bertz CT molecular complexity index is 944. The van der Waals surface area contributed by atoms with Crippen molar-refractivity contribution in [1.82, 2.24) is 0 Å². The molecule has 1 aliphatic heterocycles. The molecule has 3 fully saturated rings. The molecule has 0 aromatic heterocycles. The predicted octanol–water partition coefficient (Wildman–Crippen LogP) is -0.151. The lowest BCUT2D eigenvalue weighted by Gasteiger charge is -2.30. The summed E-state index contributed by atoms with van der Waals surface area (Å²) in [6, 6.07) is 0. The zero-order chi connectivity index (χ0) is 23.3. The van der Waals surface area contributed by atoms with Crippen molar-refractivity contribution in [1.29, 1.82) is 0 Å². The predicted molar refractivity (Wildman–Crippen MR) is 91.6 cm³/mol. The minimum absolute atomic E-state index is 0.112. The Labute approximate surface area is 174 Å². The quantitative estimate of drug-likeness (QED) is 0.166. The first kappa shape index (κ1) is 23.1. The molecule has 172 valence electrons. The molecule has 0 spiro atoms. The van der Waals surface area contributed by atoms with Gasteiger partial charge >= 0.3 is 39.2 Å². The summed E-state index contributed by atoms with van der Waals surface area (Å²) in [5.74, 6) is -8.89. The Kier molecular flexibility index (Phi) is 5.82. The fourth-order valence-electron chi connectivity index (χ4n) is 4.25. The lowest BCUT2D eigenvalue weighted by molar-refractivity contribution is -0.176. The van der Waals surface area contributed by atoms with E-state index < -0.39 is 75.1 Å². The fourth-order valence-corrected chi connectivity index (χ4v) is 4.51. The van der Waals surface area contributed by atoms with Crippen molar-refractivity contribution in [2.45, 2.75) is 30.8 Å². The Hall–Kier alpha value is -2.61. The van der Waals surface area contributed by atoms with Gasteiger partial charge in [0, 0.05) is 17.4 Å². The molecule has 2 saturated carbocycles. The first-order valence-electron chi connectivity index (χ1n) is 9.03. The first-order chi connectivity index (χ1) is 14.3. The molecule has 0 radical (unpaired) electrons. The lowest BCUT2D eigenvalue weighted by atomic mass is 9.80. The highest BCUT2D eigenvalue weighted by molar-refractivity contribution is 7.87. The summed E-state index contributed by atoms with van der Waals surface area (Å²) in [5, 5.41) is -5.25. The molecule has 3 aliphatic rings. The van der Waals surface area contributed by atoms with Crippen LogP contribution in [0.1, 0.15) is 13.3 Å². The standard InChI is InChI=1S/C17H18F2O11S/c1-6(2)13(20)27-3-4-28-14(21)9-7-5-8-10(15(22)29-11(8)9)12(7)30-16(23)17(18,19)31(24,25)26/h7-12H,1,3-5H2,2H3,(H,24,25,26). The van der Waals surface area contributed by atoms with E-state index in [-0.39, 0.29) is 25.2 Å². The number of carbonyl (C=O) groups excluding carboxylic acids is 4. The maximum Gasteiger partial charge on any atom is 0.465 e. The number of ether oxygens (including phenoxy) is 4. The highest BCUT2D eigenvalue weighted by Crippen LogP contribution is 2.59. The van der Waals surface area contributed by atoms with Crippen LogP contribution in [0.3, 0.4) is 0 Å². The molecule has 6 atom stereocenters. The summed E-state index contributed by atoms with van der Waals surface area (Å²) < 4.78 is 76.7. The average molecular weight is 468 g/mol. The van der Waals surface area contributed by atoms with Gasteiger partial charge in [0.1, 0.15) is 37.3 Å². The van der Waals surface area contributed by atoms with E-state index in [0.29, 0.717) is 0 Å². The topological polar surface area (TPSA) is 160 Å². The molecule has 1 heterocycles. The maximum absolute atomic E-state index is 13.6. The van der Waals surface area contributed by atoms with Gasteiger partial charge in [-0.15, -0.1) is 0 Å². The molecule has 3 rings (SSSR count). The molecular weight excluding hydrogens is 450 g/mol. The van der Waals surface area contributed by atoms with E-state index >= 15 is 0 Å². The molecule has 14 heteroatoms. The molecule has 11 nitrogen and oxygen atoms in total. The number of rotatable bonds is 8. The normalized spacial score (nSPS) is 31.2. The van der Waals surface area contributed by atoms with Gasteiger partial charge in [-0.2, -0.15) is 17.2 Å². The van der Waals surface area contributed by atoms with E-state index in [2.05, 4.69) is 11.3 Å². The zero-order valence-corrected chi connectivity index (χ0v) is 16.8. The molecule has 0 amide bonds. The first-order valence-corrected chi connectivity index (χ1v) is 10.5. The minimum atomic E-state index is -6.10. The van der Waals surface area contributed by atoms with Crippen molar-refractivity contribution in [2.24, 2.45) is 23.7 Å². The highest BCUT2D eigenvalue weighted by Gasteiger charge is 2.71. The smallest absolute Gasteiger partial charge is 0.462 e. The van der Waals surface area contributed by atoms with Crippen molar-refractivity contribution in [3.63, 3.8) is 0 Å². The van der Waals surface area contributed by atoms with E-state index in [9.17, 15) is 36.4 Å². The van der Waals surface area contributed by atoms with Crippen LogP contribution in [0.15, 0.2) is 12.2 Å². The molecule has 1 saturated heterocycles. The van der Waals surface area contributed by atoms with Crippen LogP contribution >= 0.6 is 0 Å². The van der Waals surface area contributed by atoms with Crippen LogP contribution in [0, 0.1) is 23.7 Å². The molecule has 0 aromatic carbocycles. The van der Waals surface area contributed by atoms with Gasteiger partial charge in [0.05, 0.1) is 0 Å². The highest BCUT2D eigenvalue weighted by atomic mass is 32.2. The number of carbonyl (C=O) groups is 4. The van der Waals surface area contributed by atoms with E-state index in [4.69, 9.17) is 18.8 Å². The van der Waals surface area contributed by atoms with Crippen LogP contribution in [-0.4, -0.2) is 67.5 Å². The van der Waals surface area contributed by atoms with Crippen LogP contribution in [0.4, 0.5) is 8.78 Å². The van der Waals surface area contributed by atoms with Crippen molar-refractivity contribution < 1.29 is 59.9 Å². The van der Waals surface area contributed by atoms with Crippen LogP contribution in [-0.2, 0) is 48.2 Å². The summed E-state index contributed by atoms with van der Waals surface area (Å²) in [6.45, 7) is 4.16. The summed E-state index contributed by atoms with van der Waals surface area (Å²) in [5.41, 5.74) is 0.134. The van der Waals surface area contributed by atoms with Crippen LogP contribution in [0.2, 0.25) is 0 Å². The largest absolute Gasteiger partial charge is 0.465 e. The van der Waals surface area contributed by atoms with Gasteiger partial charge in [0.2, 0.25) is 0 Å². The third-order valence-electron chi connectivity index (χ3n) is 5.53. The Morgan fingerprint density at radius 3 is 2.42 bits per heavy atom. The molecule has 6 unspecified atom stereocenters. The van der Waals surface area contributed by atoms with Crippen LogP contribution < -0.4 is 0 Å². The lowest BCUT2D eigenvalue weighted by Crippen LogP contribution is -2.47. The summed E-state index contributed by atoms with van der Waals surface area (Å²) in [7, 11) is -6.10. The second-order valence-electron chi connectivity index (χ2n) is 7.46. The van der Waals surface area contributed by atoms with Gasteiger partial charge in [-0.1, -0.05) is 6.58 Å². The molecule has 2 bridgehead atoms. The number of fused-ring (bicyclic) bond motifs is 1. The molecule has 0 aromatic rings. The average Bonchev–Trinajstić information content (AvgIpc) is 3.26. The van der Waals surface area contributed by atoms with Gasteiger partial charge < -0.3 is 18.9 Å². The van der Waals surface area contributed by atoms with E-state index in [0.717, 1.165) is 0 Å². The SMILES string of the molecule is C=C(C)C(=O)OCCOC(=O)C1C2CC3C1OC(=O)C3C2OC(=O)C(F)(F)S(=O)(=O)O. The monoisotopic (exact) mass is 468 g/mol. The van der Waals surface area contributed by atoms with E-state index in [1.807, 2.05) is 0 Å². The van der Waals surface area contributed by atoms with Crippen LogP contribution in [0.5, 0.6) is 0 Å². The van der Waals surface area contributed by atoms with Crippen molar-refractivity contribution in [3.05, 3.63) is 12.2 Å². The van der Waals surface area contributed by atoms with Gasteiger partial charge in [0.25, 0.3) is 0 Å².